The molecule has 0 saturated heterocycles. The summed E-state index contributed by atoms with van der Waals surface area (Å²) in [6.45, 7) is 4.04. The van der Waals surface area contributed by atoms with Gasteiger partial charge < -0.3 is 10.5 Å². The van der Waals surface area contributed by atoms with E-state index in [4.69, 9.17) is 10.5 Å². The average Bonchev–Trinajstić information content (AvgIpc) is 2.74. The Morgan fingerprint density at radius 1 is 1.35 bits per heavy atom. The minimum absolute atomic E-state index is 0.103. The predicted molar refractivity (Wildman–Crippen MR) is 70.6 cm³/mol. The third kappa shape index (κ3) is 2.33. The molecule has 1 unspecified atom stereocenters. The molecule has 2 N–H and O–H groups in total. The Labute approximate surface area is 105 Å². The van der Waals surface area contributed by atoms with Gasteiger partial charge in [-0.15, -0.1) is 11.3 Å². The summed E-state index contributed by atoms with van der Waals surface area (Å²) in [5.41, 5.74) is 11.4. The fraction of sp³-hybridized carbons (Fsp3) is 0.308. The maximum Gasteiger partial charge on any atom is 0.119 e. The summed E-state index contributed by atoms with van der Waals surface area (Å²) in [7, 11) is 1.67. The molecule has 1 aromatic heterocycles. The number of hydrogen-bond acceptors (Lipinski definition) is 4. The van der Waals surface area contributed by atoms with Gasteiger partial charge in [0.15, 0.2) is 0 Å². The van der Waals surface area contributed by atoms with Crippen LogP contribution in [0.4, 0.5) is 0 Å². The van der Waals surface area contributed by atoms with Gasteiger partial charge in [0.2, 0.25) is 0 Å². The summed E-state index contributed by atoms with van der Waals surface area (Å²) in [5, 5.41) is 0. The highest BCUT2D eigenvalue weighted by Crippen LogP contribution is 2.29. The van der Waals surface area contributed by atoms with Crippen molar-refractivity contribution in [2.24, 2.45) is 5.73 Å². The molecule has 1 aromatic carbocycles. The van der Waals surface area contributed by atoms with Gasteiger partial charge in [-0.1, -0.05) is 6.07 Å². The highest BCUT2D eigenvalue weighted by Gasteiger charge is 2.15. The van der Waals surface area contributed by atoms with Crippen LogP contribution in [-0.4, -0.2) is 12.1 Å². The Kier molecular flexibility index (Phi) is 3.45. The molecule has 1 heterocycles. The molecule has 0 saturated carbocycles. The number of ether oxygens (including phenoxy) is 1. The number of aryl methyl sites for hydroxylation is 2. The largest absolute Gasteiger partial charge is 0.497 e. The van der Waals surface area contributed by atoms with Crippen molar-refractivity contribution in [3.63, 3.8) is 0 Å². The number of thiazole rings is 1. The lowest BCUT2D eigenvalue weighted by molar-refractivity contribution is 0.414. The molecule has 17 heavy (non-hydrogen) atoms. The first-order valence-corrected chi connectivity index (χ1v) is 6.31. The lowest BCUT2D eigenvalue weighted by Crippen LogP contribution is -2.13. The highest BCUT2D eigenvalue weighted by molar-refractivity contribution is 7.09. The van der Waals surface area contributed by atoms with Crippen LogP contribution < -0.4 is 10.5 Å². The summed E-state index contributed by atoms with van der Waals surface area (Å²) < 4.78 is 5.19. The molecule has 0 aliphatic heterocycles. The standard InChI is InChI=1S/C13H16N2OS/c1-8-6-10(16-3)4-5-11(8)12(14)13-9(2)15-7-17-13/h4-7,12H,14H2,1-3H3. The van der Waals surface area contributed by atoms with E-state index in [9.17, 15) is 0 Å². The highest BCUT2D eigenvalue weighted by atomic mass is 32.1. The third-order valence-electron chi connectivity index (χ3n) is 2.88. The number of methoxy groups -OCH3 is 1. The van der Waals surface area contributed by atoms with Crippen LogP contribution in [0.1, 0.15) is 27.7 Å². The van der Waals surface area contributed by atoms with Gasteiger partial charge in [0, 0.05) is 4.88 Å². The molecule has 1 atom stereocenters. The van der Waals surface area contributed by atoms with E-state index in [-0.39, 0.29) is 6.04 Å². The minimum atomic E-state index is -0.103. The van der Waals surface area contributed by atoms with Crippen molar-refractivity contribution in [1.82, 2.24) is 4.98 Å². The van der Waals surface area contributed by atoms with E-state index in [0.717, 1.165) is 27.4 Å². The van der Waals surface area contributed by atoms with Crippen molar-refractivity contribution in [3.8, 4) is 5.75 Å². The lowest BCUT2D eigenvalue weighted by Gasteiger charge is -2.14. The van der Waals surface area contributed by atoms with E-state index in [1.54, 1.807) is 18.4 Å². The van der Waals surface area contributed by atoms with Crippen molar-refractivity contribution >= 4 is 11.3 Å². The van der Waals surface area contributed by atoms with Crippen molar-refractivity contribution in [1.29, 1.82) is 0 Å². The molecule has 90 valence electrons. The molecule has 0 spiro atoms. The van der Waals surface area contributed by atoms with Crippen LogP contribution in [0.3, 0.4) is 0 Å². The van der Waals surface area contributed by atoms with Crippen LogP contribution >= 0.6 is 11.3 Å². The van der Waals surface area contributed by atoms with Gasteiger partial charge in [0.1, 0.15) is 5.75 Å². The van der Waals surface area contributed by atoms with E-state index >= 15 is 0 Å². The van der Waals surface area contributed by atoms with Crippen LogP contribution in [0.25, 0.3) is 0 Å². The summed E-state index contributed by atoms with van der Waals surface area (Å²) >= 11 is 1.60. The van der Waals surface area contributed by atoms with Crippen molar-refractivity contribution in [2.75, 3.05) is 7.11 Å². The summed E-state index contributed by atoms with van der Waals surface area (Å²) in [4.78, 5) is 5.36. The number of hydrogen-bond donors (Lipinski definition) is 1. The maximum absolute atomic E-state index is 6.28. The Morgan fingerprint density at radius 3 is 2.65 bits per heavy atom. The Bertz CT molecular complexity index is 522. The minimum Gasteiger partial charge on any atom is -0.497 e. The molecular weight excluding hydrogens is 232 g/mol. The van der Waals surface area contributed by atoms with Crippen LogP contribution in [-0.2, 0) is 0 Å². The first-order valence-electron chi connectivity index (χ1n) is 5.43. The predicted octanol–water partition coefficient (Wildman–Crippen LogP) is 2.82. The number of rotatable bonds is 3. The quantitative estimate of drug-likeness (QED) is 0.908. The van der Waals surface area contributed by atoms with Gasteiger partial charge in [0.05, 0.1) is 24.4 Å². The van der Waals surface area contributed by atoms with Crippen molar-refractivity contribution < 1.29 is 4.74 Å². The number of aromatic nitrogens is 1. The van der Waals surface area contributed by atoms with Crippen LogP contribution in [0.15, 0.2) is 23.7 Å². The van der Waals surface area contributed by atoms with E-state index in [1.165, 1.54) is 0 Å². The van der Waals surface area contributed by atoms with E-state index in [0.29, 0.717) is 0 Å². The lowest BCUT2D eigenvalue weighted by atomic mass is 10.00. The summed E-state index contributed by atoms with van der Waals surface area (Å²) in [6.07, 6.45) is 0. The zero-order valence-electron chi connectivity index (χ0n) is 10.2. The molecular formula is C13H16N2OS. The summed E-state index contributed by atoms with van der Waals surface area (Å²) in [6, 6.07) is 5.87. The Balaban J connectivity index is 2.38. The first-order chi connectivity index (χ1) is 8.13. The van der Waals surface area contributed by atoms with Gasteiger partial charge >= 0.3 is 0 Å². The molecule has 0 fully saturated rings. The molecule has 4 heteroatoms. The third-order valence-corrected chi connectivity index (χ3v) is 3.89. The Hall–Kier alpha value is -1.39. The number of nitrogens with two attached hydrogens (primary N) is 1. The SMILES string of the molecule is COc1ccc(C(N)c2scnc2C)c(C)c1. The zero-order valence-corrected chi connectivity index (χ0v) is 11.0. The fourth-order valence-corrected chi connectivity index (χ4v) is 2.70. The average molecular weight is 248 g/mol. The van der Waals surface area contributed by atoms with Gasteiger partial charge in [-0.05, 0) is 37.1 Å². The molecule has 3 nitrogen and oxygen atoms in total. The second-order valence-electron chi connectivity index (χ2n) is 4.00. The van der Waals surface area contributed by atoms with E-state index < -0.39 is 0 Å². The normalized spacial score (nSPS) is 12.5. The molecule has 0 bridgehead atoms. The smallest absolute Gasteiger partial charge is 0.119 e. The molecule has 0 radical (unpaired) electrons. The maximum atomic E-state index is 6.28. The molecule has 0 aliphatic carbocycles. The van der Waals surface area contributed by atoms with Gasteiger partial charge in [-0.3, -0.25) is 0 Å². The Morgan fingerprint density at radius 2 is 2.12 bits per heavy atom. The summed E-state index contributed by atoms with van der Waals surface area (Å²) in [5.74, 6) is 0.861. The van der Waals surface area contributed by atoms with E-state index in [2.05, 4.69) is 4.98 Å². The molecule has 0 aliphatic rings. The number of benzene rings is 1. The van der Waals surface area contributed by atoms with Crippen LogP contribution in [0.5, 0.6) is 5.75 Å². The fourth-order valence-electron chi connectivity index (χ4n) is 1.87. The molecule has 0 amide bonds. The van der Waals surface area contributed by atoms with Crippen molar-refractivity contribution in [3.05, 3.63) is 45.4 Å². The molecule has 2 aromatic rings. The second kappa shape index (κ2) is 4.85. The monoisotopic (exact) mass is 248 g/mol. The van der Waals surface area contributed by atoms with Crippen LogP contribution in [0.2, 0.25) is 0 Å². The van der Waals surface area contributed by atoms with E-state index in [1.807, 2.05) is 37.6 Å². The van der Waals surface area contributed by atoms with Crippen molar-refractivity contribution in [2.45, 2.75) is 19.9 Å². The van der Waals surface area contributed by atoms with Gasteiger partial charge in [-0.25, -0.2) is 4.98 Å². The molecule has 2 rings (SSSR count). The van der Waals surface area contributed by atoms with Crippen LogP contribution in [0, 0.1) is 13.8 Å². The zero-order chi connectivity index (χ0) is 12.4. The topological polar surface area (TPSA) is 48.1 Å². The first kappa shape index (κ1) is 12.1. The van der Waals surface area contributed by atoms with Gasteiger partial charge in [-0.2, -0.15) is 0 Å². The second-order valence-corrected chi connectivity index (χ2v) is 4.89. The van der Waals surface area contributed by atoms with Gasteiger partial charge in [0.25, 0.3) is 0 Å². The number of nitrogens with zero attached hydrogens (tertiary/aromatic N) is 1.